The summed E-state index contributed by atoms with van der Waals surface area (Å²) < 4.78 is 24.3. The van der Waals surface area contributed by atoms with Gasteiger partial charge in [0.1, 0.15) is 23.7 Å². The Labute approximate surface area is 164 Å². The van der Waals surface area contributed by atoms with Crippen molar-refractivity contribution in [2.24, 2.45) is 0 Å². The van der Waals surface area contributed by atoms with Crippen molar-refractivity contribution in [2.75, 3.05) is 11.9 Å². The van der Waals surface area contributed by atoms with E-state index < -0.39 is 24.3 Å². The summed E-state index contributed by atoms with van der Waals surface area (Å²) in [5.41, 5.74) is 0.967. The third-order valence-electron chi connectivity index (χ3n) is 3.63. The average Bonchev–Trinajstić information content (AvgIpc) is 3.12. The zero-order valence-electron chi connectivity index (χ0n) is 15.0. The van der Waals surface area contributed by atoms with Crippen molar-refractivity contribution >= 4 is 28.9 Å². The Morgan fingerprint density at radius 1 is 1.14 bits per heavy atom. The minimum absolute atomic E-state index is 0.0193. The van der Waals surface area contributed by atoms with Gasteiger partial charge in [0.25, 0.3) is 5.91 Å². The second-order valence-electron chi connectivity index (χ2n) is 5.75. The predicted octanol–water partition coefficient (Wildman–Crippen LogP) is 3.97. The van der Waals surface area contributed by atoms with Crippen LogP contribution in [-0.2, 0) is 16.1 Å². The lowest BCUT2D eigenvalue weighted by molar-refractivity contribution is -0.119. The number of amides is 1. The number of ether oxygens (including phenoxy) is 2. The molecular formula is C20H17FN2O4S. The van der Waals surface area contributed by atoms with E-state index in [1.807, 2.05) is 12.3 Å². The number of carbonyl (C=O) groups is 2. The Balaban J connectivity index is 1.58. The molecule has 0 saturated heterocycles. The van der Waals surface area contributed by atoms with Crippen molar-refractivity contribution < 1.29 is 23.5 Å². The van der Waals surface area contributed by atoms with E-state index >= 15 is 0 Å². The molecule has 1 amide bonds. The van der Waals surface area contributed by atoms with E-state index in [2.05, 4.69) is 10.3 Å². The fourth-order valence-electron chi connectivity index (χ4n) is 2.35. The van der Waals surface area contributed by atoms with Gasteiger partial charge in [-0.25, -0.2) is 14.2 Å². The van der Waals surface area contributed by atoms with Crippen molar-refractivity contribution in [3.05, 3.63) is 76.0 Å². The number of benzene rings is 2. The Kier molecular flexibility index (Phi) is 6.33. The molecule has 0 aliphatic carbocycles. The zero-order chi connectivity index (χ0) is 19.9. The minimum Gasteiger partial charge on any atom is -0.486 e. The lowest BCUT2D eigenvalue weighted by Gasteiger charge is -2.11. The van der Waals surface area contributed by atoms with E-state index in [4.69, 9.17) is 9.47 Å². The van der Waals surface area contributed by atoms with E-state index in [1.54, 1.807) is 30.3 Å². The lowest BCUT2D eigenvalue weighted by atomic mass is 10.2. The first-order valence-electron chi connectivity index (χ1n) is 8.37. The van der Waals surface area contributed by atoms with Crippen LogP contribution < -0.4 is 10.1 Å². The van der Waals surface area contributed by atoms with Gasteiger partial charge in [0.05, 0.1) is 16.4 Å². The summed E-state index contributed by atoms with van der Waals surface area (Å²) >= 11 is 1.51. The van der Waals surface area contributed by atoms with Gasteiger partial charge in [0, 0.05) is 5.38 Å². The first-order chi connectivity index (χ1) is 13.5. The topological polar surface area (TPSA) is 77.5 Å². The molecule has 8 heteroatoms. The van der Waals surface area contributed by atoms with Gasteiger partial charge in [-0.05, 0) is 31.2 Å². The molecular weight excluding hydrogens is 383 g/mol. The van der Waals surface area contributed by atoms with Crippen molar-refractivity contribution in [3.63, 3.8) is 0 Å². The van der Waals surface area contributed by atoms with Gasteiger partial charge >= 0.3 is 5.97 Å². The molecule has 1 heterocycles. The maximum Gasteiger partial charge on any atom is 0.342 e. The smallest absolute Gasteiger partial charge is 0.342 e. The number of para-hydroxylation sites is 2. The molecule has 0 saturated carbocycles. The summed E-state index contributed by atoms with van der Waals surface area (Å²) in [5.74, 6) is -1.60. The number of hydrogen-bond donors (Lipinski definition) is 1. The summed E-state index contributed by atoms with van der Waals surface area (Å²) in [6.07, 6.45) is 0. The van der Waals surface area contributed by atoms with Gasteiger partial charge in [-0.1, -0.05) is 24.3 Å². The average molecular weight is 400 g/mol. The molecule has 2 aromatic carbocycles. The Morgan fingerprint density at radius 2 is 1.89 bits per heavy atom. The van der Waals surface area contributed by atoms with Crippen LogP contribution in [0.3, 0.4) is 0 Å². The second-order valence-corrected chi connectivity index (χ2v) is 6.81. The van der Waals surface area contributed by atoms with Crippen LogP contribution in [-0.4, -0.2) is 23.5 Å². The molecule has 0 aliphatic heterocycles. The normalized spacial score (nSPS) is 10.4. The van der Waals surface area contributed by atoms with Crippen molar-refractivity contribution in [3.8, 4) is 5.75 Å². The Hall–Kier alpha value is -3.26. The monoisotopic (exact) mass is 400 g/mol. The summed E-state index contributed by atoms with van der Waals surface area (Å²) in [4.78, 5) is 28.5. The van der Waals surface area contributed by atoms with Crippen LogP contribution in [0, 0.1) is 12.7 Å². The fraction of sp³-hybridized carbons (Fsp3) is 0.150. The van der Waals surface area contributed by atoms with Crippen LogP contribution in [0.5, 0.6) is 5.75 Å². The number of aryl methyl sites for hydroxylation is 1. The molecule has 0 bridgehead atoms. The molecule has 1 N–H and O–H groups in total. The molecule has 0 spiro atoms. The number of anilines is 1. The summed E-state index contributed by atoms with van der Waals surface area (Å²) in [6.45, 7) is 1.56. The van der Waals surface area contributed by atoms with E-state index in [1.165, 1.54) is 29.5 Å². The Morgan fingerprint density at radius 3 is 2.64 bits per heavy atom. The van der Waals surface area contributed by atoms with Gasteiger partial charge in [-0.2, -0.15) is 0 Å². The molecule has 3 rings (SSSR count). The van der Waals surface area contributed by atoms with Gasteiger partial charge in [0.15, 0.2) is 6.61 Å². The van der Waals surface area contributed by atoms with Crippen LogP contribution in [0.4, 0.5) is 10.1 Å². The molecule has 0 radical (unpaired) electrons. The number of nitrogens with one attached hydrogen (secondary N) is 1. The minimum atomic E-state index is -0.714. The van der Waals surface area contributed by atoms with Crippen LogP contribution in [0.2, 0.25) is 0 Å². The number of thiazole rings is 1. The summed E-state index contributed by atoms with van der Waals surface area (Å²) in [6, 6.07) is 12.3. The zero-order valence-corrected chi connectivity index (χ0v) is 15.8. The highest BCUT2D eigenvalue weighted by molar-refractivity contribution is 7.09. The van der Waals surface area contributed by atoms with Gasteiger partial charge < -0.3 is 14.8 Å². The molecule has 0 unspecified atom stereocenters. The second kappa shape index (κ2) is 9.09. The highest BCUT2D eigenvalue weighted by Gasteiger charge is 2.16. The van der Waals surface area contributed by atoms with Crippen LogP contribution in [0.15, 0.2) is 53.9 Å². The summed E-state index contributed by atoms with van der Waals surface area (Å²) in [7, 11) is 0. The molecule has 0 atom stereocenters. The van der Waals surface area contributed by atoms with Crippen molar-refractivity contribution in [1.29, 1.82) is 0 Å². The first kappa shape index (κ1) is 19.5. The van der Waals surface area contributed by atoms with E-state index in [9.17, 15) is 14.0 Å². The number of rotatable bonds is 7. The molecule has 1 aromatic heterocycles. The number of hydrogen-bond acceptors (Lipinski definition) is 6. The van der Waals surface area contributed by atoms with Crippen LogP contribution in [0.25, 0.3) is 0 Å². The Bertz CT molecular complexity index is 990. The van der Waals surface area contributed by atoms with Gasteiger partial charge in [-0.15, -0.1) is 11.3 Å². The number of esters is 1. The quantitative estimate of drug-likeness (QED) is 0.608. The highest BCUT2D eigenvalue weighted by atomic mass is 32.1. The number of carbonyl (C=O) groups excluding carboxylic acids is 2. The highest BCUT2D eigenvalue weighted by Crippen LogP contribution is 2.21. The first-order valence-corrected chi connectivity index (χ1v) is 9.25. The lowest BCUT2D eigenvalue weighted by Crippen LogP contribution is -2.21. The van der Waals surface area contributed by atoms with Gasteiger partial charge in [0.2, 0.25) is 0 Å². The van der Waals surface area contributed by atoms with Crippen molar-refractivity contribution in [2.45, 2.75) is 13.5 Å². The maximum absolute atomic E-state index is 13.5. The number of nitrogens with zero attached hydrogens (tertiary/aromatic N) is 1. The SMILES string of the molecule is Cc1nc(COc2ccccc2C(=O)OCC(=O)Nc2ccccc2F)cs1. The van der Waals surface area contributed by atoms with Crippen molar-refractivity contribution in [1.82, 2.24) is 4.98 Å². The standard InChI is InChI=1S/C20H17FN2O4S/c1-13-22-14(12-28-13)10-26-18-9-5-2-6-15(18)20(25)27-11-19(24)23-17-8-4-3-7-16(17)21/h2-9,12H,10-11H2,1H3,(H,23,24). The molecule has 144 valence electrons. The third-order valence-corrected chi connectivity index (χ3v) is 4.45. The van der Waals surface area contributed by atoms with Crippen LogP contribution in [0.1, 0.15) is 21.1 Å². The van der Waals surface area contributed by atoms with E-state index in [0.29, 0.717) is 5.75 Å². The molecule has 0 aliphatic rings. The molecule has 28 heavy (non-hydrogen) atoms. The maximum atomic E-state index is 13.5. The number of aromatic nitrogens is 1. The molecule has 6 nitrogen and oxygen atoms in total. The predicted molar refractivity (Wildman–Crippen MR) is 103 cm³/mol. The van der Waals surface area contributed by atoms with Gasteiger partial charge in [-0.3, -0.25) is 4.79 Å². The fourth-order valence-corrected chi connectivity index (χ4v) is 2.94. The largest absolute Gasteiger partial charge is 0.486 e. The van der Waals surface area contributed by atoms with E-state index in [-0.39, 0.29) is 17.9 Å². The van der Waals surface area contributed by atoms with E-state index in [0.717, 1.165) is 10.7 Å². The number of halogens is 1. The van der Waals surface area contributed by atoms with Crippen LogP contribution >= 0.6 is 11.3 Å². The third kappa shape index (κ3) is 5.14. The molecule has 0 fully saturated rings. The molecule has 3 aromatic rings. The summed E-state index contributed by atoms with van der Waals surface area (Å²) in [5, 5.41) is 5.15.